The summed E-state index contributed by atoms with van der Waals surface area (Å²) in [5.74, 6) is -0.288. The number of carbonyl (C=O) groups excluding carboxylic acids is 4. The van der Waals surface area contributed by atoms with Crippen LogP contribution in [0.4, 0.5) is 4.79 Å². The zero-order chi connectivity index (χ0) is 29.3. The molecule has 0 atom stereocenters. The van der Waals surface area contributed by atoms with Crippen LogP contribution in [-0.4, -0.2) is 84.4 Å². The highest BCUT2D eigenvalue weighted by molar-refractivity contribution is 5.73. The number of hydrogen-bond acceptors (Lipinski definition) is 8. The average molecular weight is 549 g/mol. The molecule has 1 aromatic carbocycles. The van der Waals surface area contributed by atoms with Crippen molar-refractivity contribution in [3.8, 4) is 0 Å². The first-order valence-corrected chi connectivity index (χ1v) is 13.5. The summed E-state index contributed by atoms with van der Waals surface area (Å²) in [6.45, 7) is 14.6. The predicted octanol–water partition coefficient (Wildman–Crippen LogP) is 2.53. The van der Waals surface area contributed by atoms with Gasteiger partial charge >= 0.3 is 18.0 Å². The highest BCUT2D eigenvalue weighted by atomic mass is 16.6. The molecule has 1 aromatic rings. The number of nitrogens with zero attached hydrogens (tertiary/aromatic N) is 2. The normalized spacial score (nSPS) is 21.5. The molecule has 0 N–H and O–H groups in total. The zero-order valence-corrected chi connectivity index (χ0v) is 24.1. The van der Waals surface area contributed by atoms with Crippen LogP contribution in [0.25, 0.3) is 0 Å². The Balaban J connectivity index is 0.00000170. The zero-order valence-electron chi connectivity index (χ0n) is 24.1. The van der Waals surface area contributed by atoms with Gasteiger partial charge in [-0.05, 0) is 47.1 Å². The number of esters is 2. The van der Waals surface area contributed by atoms with Crippen LogP contribution in [-0.2, 0) is 35.2 Å². The minimum absolute atomic E-state index is 0.168. The molecule has 10 heteroatoms. The molecule has 39 heavy (non-hydrogen) atoms. The Bertz CT molecular complexity index is 954. The molecule has 2 aliphatic rings. The number of benzene rings is 1. The summed E-state index contributed by atoms with van der Waals surface area (Å²) in [5, 5.41) is 8.25. The number of hydrogen-bond donors (Lipinski definition) is 0. The van der Waals surface area contributed by atoms with Gasteiger partial charge in [0.25, 0.3) is 0 Å². The number of rotatable bonds is 7. The number of quaternary nitrogens is 1. The van der Waals surface area contributed by atoms with Crippen molar-refractivity contribution < 1.29 is 43.0 Å². The van der Waals surface area contributed by atoms with Crippen molar-refractivity contribution in [3.63, 3.8) is 0 Å². The van der Waals surface area contributed by atoms with Crippen LogP contribution in [0.5, 0.6) is 0 Å². The first-order chi connectivity index (χ1) is 18.1. The second-order valence-electron chi connectivity index (χ2n) is 12.4. The van der Waals surface area contributed by atoms with Crippen LogP contribution in [0.1, 0.15) is 59.9 Å². The van der Waals surface area contributed by atoms with E-state index in [1.165, 1.54) is 0 Å². The van der Waals surface area contributed by atoms with Crippen LogP contribution in [0.2, 0.25) is 0 Å². The summed E-state index contributed by atoms with van der Waals surface area (Å²) < 4.78 is 17.3. The molecule has 0 radical (unpaired) electrons. The largest absolute Gasteiger partial charge is 0.554 e. The van der Waals surface area contributed by atoms with E-state index >= 15 is 0 Å². The highest BCUT2D eigenvalue weighted by Crippen LogP contribution is 2.30. The van der Waals surface area contributed by atoms with Crippen molar-refractivity contribution in [3.05, 3.63) is 35.9 Å². The van der Waals surface area contributed by atoms with Crippen molar-refractivity contribution in [2.24, 2.45) is 11.8 Å². The minimum atomic E-state index is -0.551. The average Bonchev–Trinajstić information content (AvgIpc) is 2.79. The van der Waals surface area contributed by atoms with Gasteiger partial charge in [-0.3, -0.25) is 4.79 Å². The van der Waals surface area contributed by atoms with Gasteiger partial charge in [0.2, 0.25) is 0 Å². The number of ether oxygens (including phenoxy) is 3. The highest BCUT2D eigenvalue weighted by Gasteiger charge is 2.45. The Kier molecular flexibility index (Phi) is 11.3. The summed E-state index contributed by atoms with van der Waals surface area (Å²) in [6, 6.07) is 9.67. The van der Waals surface area contributed by atoms with E-state index in [2.05, 4.69) is 0 Å². The molecule has 10 nitrogen and oxygen atoms in total. The SMILES string of the molecule is CC(C)(C)OC(=O)C[N+]1(CC2CN(C(=O)OC(C)(C)C)C2)CCC(C(=O)OCc2ccccc2)CC1.O=C[O-]. The molecule has 3 rings (SSSR count). The molecule has 0 bridgehead atoms. The fourth-order valence-corrected chi connectivity index (χ4v) is 4.96. The fraction of sp³-hybridized carbons (Fsp3) is 0.655. The first kappa shape index (κ1) is 32.1. The van der Waals surface area contributed by atoms with Crippen molar-refractivity contribution in [1.29, 1.82) is 0 Å². The monoisotopic (exact) mass is 548 g/mol. The van der Waals surface area contributed by atoms with Gasteiger partial charge in [-0.2, -0.15) is 0 Å². The number of carbonyl (C=O) groups is 4. The van der Waals surface area contributed by atoms with Crippen LogP contribution >= 0.6 is 0 Å². The van der Waals surface area contributed by atoms with E-state index in [4.69, 9.17) is 24.1 Å². The Hall–Kier alpha value is -3.14. The van der Waals surface area contributed by atoms with E-state index in [9.17, 15) is 14.4 Å². The summed E-state index contributed by atoms with van der Waals surface area (Å²) in [6.07, 6.45) is 1.04. The molecule has 2 fully saturated rings. The van der Waals surface area contributed by atoms with Crippen molar-refractivity contribution in [2.75, 3.05) is 39.3 Å². The lowest BCUT2D eigenvalue weighted by Crippen LogP contribution is -2.63. The number of carboxylic acid groups (broad SMARTS) is 1. The van der Waals surface area contributed by atoms with Gasteiger partial charge in [-0.25, -0.2) is 9.59 Å². The van der Waals surface area contributed by atoms with Crippen LogP contribution in [0, 0.1) is 11.8 Å². The van der Waals surface area contributed by atoms with Gasteiger partial charge < -0.3 is 33.5 Å². The third kappa shape index (κ3) is 11.2. The topological polar surface area (TPSA) is 122 Å². The fourth-order valence-electron chi connectivity index (χ4n) is 4.96. The molecule has 2 saturated heterocycles. The summed E-state index contributed by atoms with van der Waals surface area (Å²) in [7, 11) is 0. The molecular weight excluding hydrogens is 504 g/mol. The molecule has 2 heterocycles. The molecule has 0 unspecified atom stereocenters. The first-order valence-electron chi connectivity index (χ1n) is 13.5. The van der Waals surface area contributed by atoms with E-state index in [0.717, 1.165) is 12.1 Å². The van der Waals surface area contributed by atoms with Crippen LogP contribution in [0.3, 0.4) is 0 Å². The molecular formula is C29H44N2O8. The molecule has 0 aromatic heterocycles. The second-order valence-corrected chi connectivity index (χ2v) is 12.4. The van der Waals surface area contributed by atoms with Gasteiger partial charge in [0.15, 0.2) is 6.54 Å². The molecule has 0 aliphatic carbocycles. The van der Waals surface area contributed by atoms with E-state index in [-0.39, 0.29) is 43.0 Å². The number of piperidine rings is 1. The minimum Gasteiger partial charge on any atom is -0.554 e. The number of amides is 1. The Labute approximate surface area is 231 Å². The summed E-state index contributed by atoms with van der Waals surface area (Å²) in [4.78, 5) is 47.9. The summed E-state index contributed by atoms with van der Waals surface area (Å²) in [5.41, 5.74) is -0.106. The molecule has 0 spiro atoms. The summed E-state index contributed by atoms with van der Waals surface area (Å²) >= 11 is 0. The van der Waals surface area contributed by atoms with Gasteiger partial charge in [-0.1, -0.05) is 30.3 Å². The lowest BCUT2D eigenvalue weighted by atomic mass is 9.91. The second kappa shape index (κ2) is 13.8. The van der Waals surface area contributed by atoms with Crippen molar-refractivity contribution >= 4 is 24.5 Å². The van der Waals surface area contributed by atoms with Crippen LogP contribution < -0.4 is 5.11 Å². The molecule has 2 aliphatic heterocycles. The van der Waals surface area contributed by atoms with Crippen molar-refractivity contribution in [1.82, 2.24) is 4.90 Å². The Morgan fingerprint density at radius 1 is 0.974 bits per heavy atom. The van der Waals surface area contributed by atoms with Crippen molar-refractivity contribution in [2.45, 2.75) is 72.2 Å². The maximum Gasteiger partial charge on any atom is 0.410 e. The maximum absolute atomic E-state index is 12.8. The van der Waals surface area contributed by atoms with Gasteiger partial charge in [-0.15, -0.1) is 0 Å². The van der Waals surface area contributed by atoms with E-state index in [0.29, 0.717) is 43.5 Å². The van der Waals surface area contributed by atoms with E-state index in [1.54, 1.807) is 4.90 Å². The Morgan fingerprint density at radius 2 is 1.51 bits per heavy atom. The van der Waals surface area contributed by atoms with Gasteiger partial charge in [0.1, 0.15) is 17.8 Å². The lowest BCUT2D eigenvalue weighted by Gasteiger charge is -2.48. The molecule has 218 valence electrons. The van der Waals surface area contributed by atoms with Gasteiger partial charge in [0, 0.05) is 38.3 Å². The molecule has 0 saturated carbocycles. The maximum atomic E-state index is 12.8. The Morgan fingerprint density at radius 3 is 2.03 bits per heavy atom. The quantitative estimate of drug-likeness (QED) is 0.221. The third-order valence-electron chi connectivity index (χ3n) is 6.60. The van der Waals surface area contributed by atoms with Crippen LogP contribution in [0.15, 0.2) is 30.3 Å². The number of likely N-dealkylation sites (tertiary alicyclic amines) is 2. The van der Waals surface area contributed by atoms with Gasteiger partial charge in [0.05, 0.1) is 25.6 Å². The third-order valence-corrected chi connectivity index (χ3v) is 6.60. The van der Waals surface area contributed by atoms with E-state index in [1.807, 2.05) is 71.9 Å². The smallest absolute Gasteiger partial charge is 0.410 e. The standard InChI is InChI=1S/C28H43N2O6.CH2O2/c1-27(2,3)35-24(31)19-30(18-22-16-29(17-22)26(33)36-28(4,5)6)14-12-23(13-15-30)25(32)34-20-21-10-8-7-9-11-21;2-1-3/h7-11,22-23H,12-20H2,1-6H3;1H,(H,2,3)/q+1;/p-1. The van der Waals surface area contributed by atoms with E-state index < -0.39 is 17.7 Å². The molecule has 1 amide bonds. The predicted molar refractivity (Wildman–Crippen MR) is 142 cm³/mol. The lowest BCUT2D eigenvalue weighted by molar-refractivity contribution is -0.930.